The number of rotatable bonds is 7. The molecule has 0 radical (unpaired) electrons. The highest BCUT2D eigenvalue weighted by Gasteiger charge is 2.40. The van der Waals surface area contributed by atoms with Crippen molar-refractivity contribution >= 4 is 23.7 Å². The third-order valence-electron chi connectivity index (χ3n) is 4.95. The van der Waals surface area contributed by atoms with Crippen LogP contribution < -0.4 is 4.74 Å². The lowest BCUT2D eigenvalue weighted by Crippen LogP contribution is -2.45. The zero-order chi connectivity index (χ0) is 18.0. The van der Waals surface area contributed by atoms with Crippen LogP contribution in [0.4, 0.5) is 5.69 Å². The van der Waals surface area contributed by atoms with Crippen molar-refractivity contribution in [3.8, 4) is 16.3 Å². The first-order valence-corrected chi connectivity index (χ1v) is 9.73. The summed E-state index contributed by atoms with van der Waals surface area (Å²) in [6.45, 7) is 9.67. The van der Waals surface area contributed by atoms with Gasteiger partial charge in [-0.1, -0.05) is 13.3 Å². The second kappa shape index (κ2) is 7.26. The van der Waals surface area contributed by atoms with Gasteiger partial charge >= 0.3 is 0 Å². The van der Waals surface area contributed by atoms with Gasteiger partial charge in [0.1, 0.15) is 16.4 Å². The molecule has 0 spiro atoms. The van der Waals surface area contributed by atoms with E-state index in [1.807, 2.05) is 31.5 Å². The molecule has 134 valence electrons. The van der Waals surface area contributed by atoms with Crippen molar-refractivity contribution in [3.05, 3.63) is 29.3 Å². The summed E-state index contributed by atoms with van der Waals surface area (Å²) in [6.07, 6.45) is 5.64. The molecule has 0 amide bonds. The Hall–Kier alpha value is -1.72. The lowest BCUT2D eigenvalue weighted by Gasteiger charge is -2.42. The largest absolute Gasteiger partial charge is 0.488 e. The van der Waals surface area contributed by atoms with E-state index in [-0.39, 0.29) is 6.10 Å². The van der Waals surface area contributed by atoms with E-state index in [1.54, 1.807) is 11.3 Å². The second-order valence-electron chi connectivity index (χ2n) is 7.25. The SMILES string of the molecule is C=Nc1c(OC2CC(C(C)(C)O)C2)ccc(-c2nccs2)c1CCC. The molecule has 0 saturated heterocycles. The summed E-state index contributed by atoms with van der Waals surface area (Å²) in [5, 5.41) is 13.1. The Morgan fingerprint density at radius 2 is 2.16 bits per heavy atom. The molecule has 1 N–H and O–H groups in total. The summed E-state index contributed by atoms with van der Waals surface area (Å²) in [5.74, 6) is 1.08. The van der Waals surface area contributed by atoms with Crippen molar-refractivity contribution < 1.29 is 9.84 Å². The summed E-state index contributed by atoms with van der Waals surface area (Å²) in [5.41, 5.74) is 2.47. The molecule has 3 rings (SSSR count). The van der Waals surface area contributed by atoms with Crippen LogP contribution in [0.25, 0.3) is 10.6 Å². The normalized spacial score (nSPS) is 20.2. The van der Waals surface area contributed by atoms with E-state index in [9.17, 15) is 5.11 Å². The van der Waals surface area contributed by atoms with Crippen LogP contribution in [0.5, 0.6) is 5.75 Å². The van der Waals surface area contributed by atoms with Gasteiger partial charge in [-0.05, 0) is 63.4 Å². The molecule has 1 saturated carbocycles. The quantitative estimate of drug-likeness (QED) is 0.707. The lowest BCUT2D eigenvalue weighted by molar-refractivity contribution is -0.0671. The van der Waals surface area contributed by atoms with Gasteiger partial charge in [-0.2, -0.15) is 0 Å². The number of hydrogen-bond donors (Lipinski definition) is 1. The fourth-order valence-electron chi connectivity index (χ4n) is 3.36. The average molecular weight is 359 g/mol. The topological polar surface area (TPSA) is 54.7 Å². The Morgan fingerprint density at radius 1 is 1.40 bits per heavy atom. The number of nitrogens with zero attached hydrogens (tertiary/aromatic N) is 2. The van der Waals surface area contributed by atoms with E-state index in [2.05, 4.69) is 29.7 Å². The number of aromatic nitrogens is 1. The van der Waals surface area contributed by atoms with Gasteiger partial charge < -0.3 is 9.84 Å². The standard InChI is InChI=1S/C20H26N2O2S/c1-5-6-15-16(19-22-9-10-25-19)7-8-17(18(15)21-4)24-14-11-13(12-14)20(2,3)23/h7-10,13-14,23H,4-6,11-12H2,1-3H3. The molecule has 1 aliphatic rings. The van der Waals surface area contributed by atoms with Crippen LogP contribution in [0.3, 0.4) is 0 Å². The fourth-order valence-corrected chi connectivity index (χ4v) is 4.05. The predicted octanol–water partition coefficient (Wildman–Crippen LogP) is 5.02. The Labute approximate surface area is 153 Å². The van der Waals surface area contributed by atoms with Crippen molar-refractivity contribution in [1.82, 2.24) is 4.98 Å². The second-order valence-corrected chi connectivity index (χ2v) is 8.14. The van der Waals surface area contributed by atoms with E-state index in [0.29, 0.717) is 5.92 Å². The van der Waals surface area contributed by atoms with Gasteiger partial charge in [-0.25, -0.2) is 4.98 Å². The maximum absolute atomic E-state index is 10.1. The number of benzene rings is 1. The molecule has 5 heteroatoms. The third kappa shape index (κ3) is 3.77. The van der Waals surface area contributed by atoms with Gasteiger partial charge in [0.25, 0.3) is 0 Å². The number of aliphatic hydroxyl groups is 1. The maximum Gasteiger partial charge on any atom is 0.145 e. The molecule has 4 nitrogen and oxygen atoms in total. The fraction of sp³-hybridized carbons (Fsp3) is 0.500. The van der Waals surface area contributed by atoms with Crippen LogP contribution in [0.1, 0.15) is 45.6 Å². The first kappa shape index (κ1) is 18.1. The molecule has 2 aromatic rings. The van der Waals surface area contributed by atoms with Crippen LogP contribution in [-0.4, -0.2) is 28.5 Å². The summed E-state index contributed by atoms with van der Waals surface area (Å²) in [6, 6.07) is 4.07. The summed E-state index contributed by atoms with van der Waals surface area (Å²) >= 11 is 1.63. The van der Waals surface area contributed by atoms with E-state index < -0.39 is 5.60 Å². The molecule has 0 atom stereocenters. The molecular weight excluding hydrogens is 332 g/mol. The van der Waals surface area contributed by atoms with Crippen molar-refractivity contribution in [2.75, 3.05) is 0 Å². The van der Waals surface area contributed by atoms with Crippen LogP contribution >= 0.6 is 11.3 Å². The molecule has 1 aromatic carbocycles. The highest BCUT2D eigenvalue weighted by Crippen LogP contribution is 2.43. The summed E-state index contributed by atoms with van der Waals surface area (Å²) in [7, 11) is 0. The maximum atomic E-state index is 10.1. The predicted molar refractivity (Wildman–Crippen MR) is 104 cm³/mol. The van der Waals surface area contributed by atoms with Crippen molar-refractivity contribution in [2.24, 2.45) is 10.9 Å². The molecule has 0 bridgehead atoms. The van der Waals surface area contributed by atoms with E-state index in [1.165, 1.54) is 0 Å². The minimum absolute atomic E-state index is 0.136. The Morgan fingerprint density at radius 3 is 2.72 bits per heavy atom. The number of thiazole rings is 1. The molecule has 1 heterocycles. The van der Waals surface area contributed by atoms with Gasteiger partial charge in [0.2, 0.25) is 0 Å². The number of aliphatic imine (C=N–C) groups is 1. The van der Waals surface area contributed by atoms with E-state index in [0.717, 1.165) is 53.3 Å². The molecule has 25 heavy (non-hydrogen) atoms. The number of hydrogen-bond acceptors (Lipinski definition) is 5. The first-order valence-electron chi connectivity index (χ1n) is 8.85. The van der Waals surface area contributed by atoms with E-state index in [4.69, 9.17) is 4.74 Å². The van der Waals surface area contributed by atoms with Crippen molar-refractivity contribution in [1.29, 1.82) is 0 Å². The minimum Gasteiger partial charge on any atom is -0.488 e. The molecule has 1 aliphatic carbocycles. The van der Waals surface area contributed by atoms with Crippen LogP contribution in [-0.2, 0) is 6.42 Å². The molecule has 1 fully saturated rings. The van der Waals surface area contributed by atoms with Crippen molar-refractivity contribution in [2.45, 2.75) is 58.2 Å². The van der Waals surface area contributed by atoms with Crippen LogP contribution in [0.15, 0.2) is 28.7 Å². The van der Waals surface area contributed by atoms with E-state index >= 15 is 0 Å². The number of ether oxygens (including phenoxy) is 1. The average Bonchev–Trinajstić information content (AvgIpc) is 3.03. The first-order chi connectivity index (χ1) is 11.9. The lowest BCUT2D eigenvalue weighted by atomic mass is 9.72. The van der Waals surface area contributed by atoms with Crippen LogP contribution in [0, 0.1) is 5.92 Å². The third-order valence-corrected chi connectivity index (χ3v) is 5.76. The van der Waals surface area contributed by atoms with Gasteiger partial charge in [0, 0.05) is 17.1 Å². The summed E-state index contributed by atoms with van der Waals surface area (Å²) in [4.78, 5) is 8.74. The zero-order valence-corrected chi connectivity index (χ0v) is 16.0. The monoisotopic (exact) mass is 358 g/mol. The smallest absolute Gasteiger partial charge is 0.145 e. The zero-order valence-electron chi connectivity index (χ0n) is 15.2. The van der Waals surface area contributed by atoms with Gasteiger partial charge in [-0.15, -0.1) is 11.3 Å². The van der Waals surface area contributed by atoms with Gasteiger partial charge in [0.15, 0.2) is 0 Å². The van der Waals surface area contributed by atoms with Crippen molar-refractivity contribution in [3.63, 3.8) is 0 Å². The molecule has 0 unspecified atom stereocenters. The highest BCUT2D eigenvalue weighted by molar-refractivity contribution is 7.13. The minimum atomic E-state index is -0.637. The van der Waals surface area contributed by atoms with Gasteiger partial charge in [0.05, 0.1) is 11.7 Å². The summed E-state index contributed by atoms with van der Waals surface area (Å²) < 4.78 is 6.20. The molecule has 0 aliphatic heterocycles. The Balaban J connectivity index is 1.86. The van der Waals surface area contributed by atoms with Gasteiger partial charge in [-0.3, -0.25) is 4.99 Å². The molecular formula is C20H26N2O2S. The van der Waals surface area contributed by atoms with Crippen LogP contribution in [0.2, 0.25) is 0 Å². The Bertz CT molecular complexity index is 729. The Kier molecular flexibility index (Phi) is 5.25. The molecule has 1 aromatic heterocycles. The highest BCUT2D eigenvalue weighted by atomic mass is 32.1.